The van der Waals surface area contributed by atoms with E-state index >= 15 is 0 Å². The van der Waals surface area contributed by atoms with Crippen LogP contribution in [-0.4, -0.2) is 22.8 Å². The lowest BCUT2D eigenvalue weighted by molar-refractivity contribution is -0.158. The summed E-state index contributed by atoms with van der Waals surface area (Å²) < 4.78 is 77.8. The molecule has 0 radical (unpaired) electrons. The summed E-state index contributed by atoms with van der Waals surface area (Å²) in [6.45, 7) is 3.10. The van der Waals surface area contributed by atoms with E-state index in [2.05, 4.69) is 0 Å². The van der Waals surface area contributed by atoms with Gasteiger partial charge in [0.1, 0.15) is 0 Å². The summed E-state index contributed by atoms with van der Waals surface area (Å²) in [6.07, 6.45) is -9.66. The highest BCUT2D eigenvalue weighted by Crippen LogP contribution is 2.48. The summed E-state index contributed by atoms with van der Waals surface area (Å²) >= 11 is 1.66. The van der Waals surface area contributed by atoms with Crippen LogP contribution in [0.2, 0.25) is 0 Å². The lowest BCUT2D eigenvalue weighted by Gasteiger charge is -2.17. The molecule has 0 saturated heterocycles. The van der Waals surface area contributed by atoms with Crippen LogP contribution in [-0.2, 0) is 11.0 Å². The van der Waals surface area contributed by atoms with Crippen molar-refractivity contribution in [2.75, 3.05) is 11.5 Å². The average Bonchev–Trinajstić information content (AvgIpc) is 2.71. The molecule has 1 aromatic heterocycles. The maximum Gasteiger partial charge on any atom is 0.418 e. The van der Waals surface area contributed by atoms with E-state index in [4.69, 9.17) is 0 Å². The van der Waals surface area contributed by atoms with Crippen LogP contribution in [0.25, 0.3) is 0 Å². The Balaban J connectivity index is 3.35. The number of hydrogen-bond donors (Lipinski definition) is 0. The van der Waals surface area contributed by atoms with E-state index in [1.54, 1.807) is 6.92 Å². The largest absolute Gasteiger partial charge is 0.418 e. The molecule has 0 fully saturated rings. The van der Waals surface area contributed by atoms with Crippen molar-refractivity contribution in [2.24, 2.45) is 0 Å². The van der Waals surface area contributed by atoms with Gasteiger partial charge in [0.2, 0.25) is 5.12 Å². The third-order valence-electron chi connectivity index (χ3n) is 2.43. The number of carbonyl (C=O) groups excluding carboxylic acids is 1. The second-order valence-corrected chi connectivity index (χ2v) is 7.89. The van der Waals surface area contributed by atoms with Crippen molar-refractivity contribution in [2.45, 2.75) is 36.3 Å². The molecule has 0 amide bonds. The fourth-order valence-corrected chi connectivity index (χ4v) is 4.90. The third-order valence-corrected chi connectivity index (χ3v) is 5.61. The monoisotopic (exact) mass is 382 g/mol. The molecule has 0 aliphatic heterocycles. The first-order chi connectivity index (χ1) is 10.0. The van der Waals surface area contributed by atoms with Crippen LogP contribution >= 0.6 is 34.9 Å². The molecule has 1 heterocycles. The molecule has 126 valence electrons. The minimum atomic E-state index is -4.92. The van der Waals surface area contributed by atoms with E-state index in [9.17, 15) is 31.1 Å². The number of thioether (sulfide) groups is 2. The lowest BCUT2D eigenvalue weighted by Crippen LogP contribution is -2.26. The summed E-state index contributed by atoms with van der Waals surface area (Å²) in [7, 11) is 0. The van der Waals surface area contributed by atoms with Gasteiger partial charge in [-0.05, 0) is 17.6 Å². The Bertz CT molecular complexity index is 520. The van der Waals surface area contributed by atoms with Gasteiger partial charge in [0.15, 0.2) is 5.92 Å². The molecule has 0 aliphatic carbocycles. The fourth-order valence-electron chi connectivity index (χ4n) is 1.61. The highest BCUT2D eigenvalue weighted by Gasteiger charge is 2.48. The predicted octanol–water partition coefficient (Wildman–Crippen LogP) is 5.80. The Morgan fingerprint density at radius 2 is 1.77 bits per heavy atom. The standard InChI is InChI=1S/C12H12F6OS3/c1-3-20-9(19)8(12(16,17)18)7-5-6(11(13,14)15)10(22-7)21-4-2/h5,8H,3-4H2,1-2H3. The zero-order valence-electron chi connectivity index (χ0n) is 11.5. The Morgan fingerprint density at radius 1 is 1.18 bits per heavy atom. The van der Waals surface area contributed by atoms with Gasteiger partial charge < -0.3 is 0 Å². The van der Waals surface area contributed by atoms with E-state index in [-0.39, 0.29) is 15.7 Å². The van der Waals surface area contributed by atoms with Gasteiger partial charge in [-0.15, -0.1) is 23.1 Å². The molecule has 1 rings (SSSR count). The highest BCUT2D eigenvalue weighted by atomic mass is 32.2. The summed E-state index contributed by atoms with van der Waals surface area (Å²) in [4.78, 5) is 11.1. The van der Waals surface area contributed by atoms with Gasteiger partial charge in [-0.2, -0.15) is 26.3 Å². The van der Waals surface area contributed by atoms with Crippen molar-refractivity contribution in [3.05, 3.63) is 16.5 Å². The normalized spacial score (nSPS) is 14.2. The van der Waals surface area contributed by atoms with Gasteiger partial charge >= 0.3 is 12.4 Å². The van der Waals surface area contributed by atoms with Gasteiger partial charge in [-0.1, -0.05) is 25.6 Å². The van der Waals surface area contributed by atoms with Crippen molar-refractivity contribution < 1.29 is 31.1 Å². The van der Waals surface area contributed by atoms with E-state index in [1.165, 1.54) is 6.92 Å². The highest BCUT2D eigenvalue weighted by molar-refractivity contribution is 8.13. The minimum absolute atomic E-state index is 0.124. The first-order valence-corrected chi connectivity index (χ1v) is 8.88. The van der Waals surface area contributed by atoms with E-state index in [1.807, 2.05) is 0 Å². The molecule has 0 saturated carbocycles. The maximum atomic E-state index is 13.1. The van der Waals surface area contributed by atoms with Gasteiger partial charge in [-0.3, -0.25) is 4.79 Å². The Hall–Kier alpha value is -0.350. The van der Waals surface area contributed by atoms with Crippen LogP contribution in [0.1, 0.15) is 30.2 Å². The molecule has 0 N–H and O–H groups in total. The van der Waals surface area contributed by atoms with Crippen LogP contribution in [0.15, 0.2) is 10.3 Å². The maximum absolute atomic E-state index is 13.1. The van der Waals surface area contributed by atoms with Crippen molar-refractivity contribution in [1.82, 2.24) is 0 Å². The number of alkyl halides is 6. The minimum Gasteiger partial charge on any atom is -0.286 e. The zero-order chi connectivity index (χ0) is 17.1. The zero-order valence-corrected chi connectivity index (χ0v) is 13.9. The molecule has 22 heavy (non-hydrogen) atoms. The summed E-state index contributed by atoms with van der Waals surface area (Å²) in [5.41, 5.74) is -1.11. The second-order valence-electron chi connectivity index (χ2n) is 4.01. The first-order valence-electron chi connectivity index (χ1n) is 6.09. The second kappa shape index (κ2) is 7.48. The fraction of sp³-hybridized carbons (Fsp3) is 0.583. The summed E-state index contributed by atoms with van der Waals surface area (Å²) in [5.74, 6) is -2.11. The smallest absolute Gasteiger partial charge is 0.286 e. The van der Waals surface area contributed by atoms with Gasteiger partial charge in [0, 0.05) is 4.88 Å². The number of rotatable bonds is 5. The van der Waals surface area contributed by atoms with Crippen LogP contribution in [0.3, 0.4) is 0 Å². The van der Waals surface area contributed by atoms with Crippen molar-refractivity contribution >= 4 is 40.0 Å². The van der Waals surface area contributed by atoms with Gasteiger partial charge in [0.25, 0.3) is 0 Å². The Labute approximate surface area is 135 Å². The van der Waals surface area contributed by atoms with Crippen LogP contribution in [0.4, 0.5) is 26.3 Å². The topological polar surface area (TPSA) is 17.1 Å². The van der Waals surface area contributed by atoms with Gasteiger partial charge in [-0.25, -0.2) is 0 Å². The number of thiophene rings is 1. The van der Waals surface area contributed by atoms with Gasteiger partial charge in [0.05, 0.1) is 9.77 Å². The van der Waals surface area contributed by atoms with E-state index in [0.717, 1.165) is 11.8 Å². The van der Waals surface area contributed by atoms with E-state index in [0.29, 0.717) is 29.2 Å². The molecule has 0 aromatic carbocycles. The quantitative estimate of drug-likeness (QED) is 0.473. The van der Waals surface area contributed by atoms with Crippen LogP contribution < -0.4 is 0 Å². The average molecular weight is 382 g/mol. The Kier molecular flexibility index (Phi) is 6.70. The first kappa shape index (κ1) is 19.7. The number of halogens is 6. The van der Waals surface area contributed by atoms with Crippen LogP contribution in [0, 0.1) is 0 Å². The molecule has 0 spiro atoms. The third kappa shape index (κ3) is 4.82. The van der Waals surface area contributed by atoms with E-state index < -0.39 is 33.8 Å². The number of hydrogen-bond acceptors (Lipinski definition) is 4. The van der Waals surface area contributed by atoms with Crippen molar-refractivity contribution in [1.29, 1.82) is 0 Å². The number of carbonyl (C=O) groups is 1. The molecule has 0 bridgehead atoms. The van der Waals surface area contributed by atoms with Crippen molar-refractivity contribution in [3.8, 4) is 0 Å². The molecule has 1 aromatic rings. The summed E-state index contributed by atoms with van der Waals surface area (Å²) in [5, 5.41) is -1.18. The SMILES string of the molecule is CCSC(=O)C(c1cc(C(F)(F)F)c(SCC)s1)C(F)(F)F. The molecule has 1 unspecified atom stereocenters. The van der Waals surface area contributed by atoms with Crippen molar-refractivity contribution in [3.63, 3.8) is 0 Å². The molecule has 1 nitrogen and oxygen atoms in total. The lowest BCUT2D eigenvalue weighted by atomic mass is 10.1. The molecular formula is C12H12F6OS3. The summed E-state index contributed by atoms with van der Waals surface area (Å²) in [6, 6.07) is 0.453. The predicted molar refractivity (Wildman–Crippen MR) is 77.7 cm³/mol. The molecule has 1 atom stereocenters. The Morgan fingerprint density at radius 3 is 2.18 bits per heavy atom. The molecule has 10 heteroatoms. The molecule has 0 aliphatic rings. The molecular weight excluding hydrogens is 370 g/mol. The van der Waals surface area contributed by atoms with Crippen LogP contribution in [0.5, 0.6) is 0 Å².